The minimum absolute atomic E-state index is 0.324. The van der Waals surface area contributed by atoms with E-state index in [-0.39, 0.29) is 12.1 Å². The van der Waals surface area contributed by atoms with E-state index in [4.69, 9.17) is 18.9 Å². The molecule has 0 aliphatic carbocycles. The largest absolute Gasteiger partial charge is 0.492 e. The molecule has 0 saturated carbocycles. The molecule has 0 aliphatic heterocycles. The molecule has 0 unspecified atom stereocenters. The Morgan fingerprint density at radius 3 is 2.26 bits per heavy atom. The number of benzene rings is 1. The summed E-state index contributed by atoms with van der Waals surface area (Å²) >= 11 is 0. The Balaban J connectivity index is 2.49. The van der Waals surface area contributed by atoms with Gasteiger partial charge in [-0.3, -0.25) is 0 Å². The first-order valence-electron chi connectivity index (χ1n) is 11.4. The molecule has 0 aliphatic rings. The molecule has 0 radical (unpaired) electrons. The summed E-state index contributed by atoms with van der Waals surface area (Å²) in [6.45, 7) is 8.11. The van der Waals surface area contributed by atoms with Crippen molar-refractivity contribution in [2.75, 3.05) is 40.0 Å². The first-order valence-corrected chi connectivity index (χ1v) is 11.4. The zero-order valence-corrected chi connectivity index (χ0v) is 19.6. The lowest BCUT2D eigenvalue weighted by Crippen LogP contribution is -2.35. The molecule has 0 fully saturated rings. The normalized spacial score (nSPS) is 11.6. The van der Waals surface area contributed by atoms with Crippen molar-refractivity contribution >= 4 is 12.1 Å². The van der Waals surface area contributed by atoms with Crippen LogP contribution >= 0.6 is 0 Å². The number of amides is 1. The molecular weight excluding hydrogens is 398 g/mol. The van der Waals surface area contributed by atoms with E-state index in [2.05, 4.69) is 6.92 Å². The molecule has 1 atom stereocenters. The summed E-state index contributed by atoms with van der Waals surface area (Å²) in [6.07, 6.45) is 5.20. The fourth-order valence-electron chi connectivity index (χ4n) is 3.19. The Bertz CT molecular complexity index is 619. The van der Waals surface area contributed by atoms with Crippen LogP contribution in [0.3, 0.4) is 0 Å². The molecular formula is C24H39NO6. The minimum atomic E-state index is -0.609. The standard InChI is InChI=1S/C24H39NO6/c1-5-8-9-10-11-16-25(24(27)28-4)17-18-31-21-14-12-20(13-15-21)19-22(29-6-2)23(26)30-7-3/h12-15,22H,5-11,16-19H2,1-4H3/t22-/m0/s1. The number of unbranched alkanes of at least 4 members (excludes halogenated alkanes) is 4. The van der Waals surface area contributed by atoms with Gasteiger partial charge in [-0.05, 0) is 38.0 Å². The molecule has 0 N–H and O–H groups in total. The van der Waals surface area contributed by atoms with Crippen LogP contribution in [0.1, 0.15) is 58.4 Å². The van der Waals surface area contributed by atoms with Crippen molar-refractivity contribution in [2.24, 2.45) is 0 Å². The van der Waals surface area contributed by atoms with Crippen LogP contribution in [0.15, 0.2) is 24.3 Å². The van der Waals surface area contributed by atoms with Crippen LogP contribution in [0.4, 0.5) is 4.79 Å². The van der Waals surface area contributed by atoms with Gasteiger partial charge in [-0.15, -0.1) is 0 Å². The molecule has 7 nitrogen and oxygen atoms in total. The van der Waals surface area contributed by atoms with Gasteiger partial charge in [0, 0.05) is 19.6 Å². The third-order valence-corrected chi connectivity index (χ3v) is 4.86. The lowest BCUT2D eigenvalue weighted by atomic mass is 10.1. The van der Waals surface area contributed by atoms with E-state index in [1.807, 2.05) is 31.2 Å². The number of rotatable bonds is 16. The number of ether oxygens (including phenoxy) is 4. The van der Waals surface area contributed by atoms with Crippen molar-refractivity contribution in [3.63, 3.8) is 0 Å². The zero-order valence-electron chi connectivity index (χ0n) is 19.6. The highest BCUT2D eigenvalue weighted by molar-refractivity contribution is 5.75. The molecule has 0 saturated heterocycles. The average molecular weight is 438 g/mol. The van der Waals surface area contributed by atoms with Gasteiger partial charge in [-0.2, -0.15) is 0 Å². The van der Waals surface area contributed by atoms with E-state index in [0.717, 1.165) is 18.4 Å². The molecule has 1 aromatic carbocycles. The Hall–Kier alpha value is -2.28. The van der Waals surface area contributed by atoms with Crippen LogP contribution in [0.2, 0.25) is 0 Å². The topological polar surface area (TPSA) is 74.3 Å². The molecule has 7 heteroatoms. The summed E-state index contributed by atoms with van der Waals surface area (Å²) in [5.41, 5.74) is 0.960. The number of carbonyl (C=O) groups excluding carboxylic acids is 2. The fourth-order valence-corrected chi connectivity index (χ4v) is 3.19. The molecule has 0 aromatic heterocycles. The first kappa shape index (κ1) is 26.8. The minimum Gasteiger partial charge on any atom is -0.492 e. The first-order chi connectivity index (χ1) is 15.0. The van der Waals surface area contributed by atoms with Crippen molar-refractivity contribution in [3.8, 4) is 5.75 Å². The van der Waals surface area contributed by atoms with E-state index >= 15 is 0 Å². The van der Waals surface area contributed by atoms with Crippen molar-refractivity contribution in [1.82, 2.24) is 4.90 Å². The Kier molecular flexibility index (Phi) is 14.2. The summed E-state index contributed by atoms with van der Waals surface area (Å²) in [5.74, 6) is 0.364. The van der Waals surface area contributed by atoms with Gasteiger partial charge in [0.05, 0.1) is 20.3 Å². The van der Waals surface area contributed by atoms with Gasteiger partial charge in [-0.1, -0.05) is 44.7 Å². The average Bonchev–Trinajstić information content (AvgIpc) is 2.78. The monoisotopic (exact) mass is 437 g/mol. The molecule has 1 aromatic rings. The van der Waals surface area contributed by atoms with Crippen LogP contribution in [0.5, 0.6) is 5.75 Å². The summed E-state index contributed by atoms with van der Waals surface area (Å²) in [7, 11) is 1.40. The number of esters is 1. The smallest absolute Gasteiger partial charge is 0.409 e. The van der Waals surface area contributed by atoms with Gasteiger partial charge < -0.3 is 23.8 Å². The Morgan fingerprint density at radius 2 is 1.65 bits per heavy atom. The number of carbonyl (C=O) groups is 2. The molecule has 0 spiro atoms. The second kappa shape index (κ2) is 16.4. The summed E-state index contributed by atoms with van der Waals surface area (Å²) in [4.78, 5) is 25.7. The van der Waals surface area contributed by atoms with Crippen LogP contribution in [0.25, 0.3) is 0 Å². The highest BCUT2D eigenvalue weighted by atomic mass is 16.6. The van der Waals surface area contributed by atoms with Crippen molar-refractivity contribution in [2.45, 2.75) is 65.4 Å². The van der Waals surface area contributed by atoms with Crippen LogP contribution < -0.4 is 4.74 Å². The van der Waals surface area contributed by atoms with E-state index in [1.165, 1.54) is 26.4 Å². The molecule has 0 heterocycles. The van der Waals surface area contributed by atoms with Crippen molar-refractivity contribution < 1.29 is 28.5 Å². The van der Waals surface area contributed by atoms with Crippen LogP contribution in [0, 0.1) is 0 Å². The van der Waals surface area contributed by atoms with Crippen molar-refractivity contribution in [1.29, 1.82) is 0 Å². The van der Waals surface area contributed by atoms with E-state index in [9.17, 15) is 9.59 Å². The molecule has 1 rings (SSSR count). The second-order valence-electron chi connectivity index (χ2n) is 7.26. The summed E-state index contributed by atoms with van der Waals surface area (Å²) in [6, 6.07) is 7.53. The van der Waals surface area contributed by atoms with E-state index in [1.54, 1.807) is 11.8 Å². The number of methoxy groups -OCH3 is 1. The molecule has 31 heavy (non-hydrogen) atoms. The van der Waals surface area contributed by atoms with E-state index < -0.39 is 6.10 Å². The third kappa shape index (κ3) is 11.1. The predicted molar refractivity (Wildman–Crippen MR) is 120 cm³/mol. The number of hydrogen-bond donors (Lipinski definition) is 0. The van der Waals surface area contributed by atoms with Gasteiger partial charge in [0.1, 0.15) is 12.4 Å². The van der Waals surface area contributed by atoms with Gasteiger partial charge in [0.25, 0.3) is 0 Å². The lowest BCUT2D eigenvalue weighted by molar-refractivity contribution is -0.156. The third-order valence-electron chi connectivity index (χ3n) is 4.86. The Morgan fingerprint density at radius 1 is 0.935 bits per heavy atom. The maximum atomic E-state index is 12.0. The second-order valence-corrected chi connectivity index (χ2v) is 7.26. The number of hydrogen-bond acceptors (Lipinski definition) is 6. The maximum absolute atomic E-state index is 12.0. The molecule has 1 amide bonds. The summed E-state index contributed by atoms with van der Waals surface area (Å²) < 4.78 is 21.3. The maximum Gasteiger partial charge on any atom is 0.409 e. The lowest BCUT2D eigenvalue weighted by Gasteiger charge is -2.21. The van der Waals surface area contributed by atoms with Gasteiger partial charge in [0.2, 0.25) is 0 Å². The SMILES string of the molecule is CCCCCCCN(CCOc1ccc(C[C@H](OCC)C(=O)OCC)cc1)C(=O)OC. The van der Waals surface area contributed by atoms with Crippen LogP contribution in [-0.4, -0.2) is 63.1 Å². The van der Waals surface area contributed by atoms with Crippen molar-refractivity contribution in [3.05, 3.63) is 29.8 Å². The zero-order chi connectivity index (χ0) is 22.9. The fraction of sp³-hybridized carbons (Fsp3) is 0.667. The Labute approximate surface area is 187 Å². The predicted octanol–water partition coefficient (Wildman–Crippen LogP) is 4.61. The van der Waals surface area contributed by atoms with Crippen LogP contribution in [-0.2, 0) is 25.4 Å². The molecule has 0 bridgehead atoms. The highest BCUT2D eigenvalue weighted by Gasteiger charge is 2.20. The summed E-state index contributed by atoms with van der Waals surface area (Å²) in [5, 5.41) is 0. The number of nitrogens with zero attached hydrogens (tertiary/aromatic N) is 1. The quantitative estimate of drug-likeness (QED) is 0.278. The van der Waals surface area contributed by atoms with E-state index in [0.29, 0.717) is 45.1 Å². The van der Waals surface area contributed by atoms with Gasteiger partial charge in [0.15, 0.2) is 6.10 Å². The molecule has 176 valence electrons. The van der Waals surface area contributed by atoms with Gasteiger partial charge in [-0.25, -0.2) is 9.59 Å². The highest BCUT2D eigenvalue weighted by Crippen LogP contribution is 2.15. The van der Waals surface area contributed by atoms with Gasteiger partial charge >= 0.3 is 12.1 Å².